The molecule has 1 aliphatic rings. The van der Waals surface area contributed by atoms with Gasteiger partial charge in [-0.25, -0.2) is 21.6 Å². The number of carbonyl (C=O) groups is 1. The summed E-state index contributed by atoms with van der Waals surface area (Å²) < 4.78 is 67.5. The molecule has 0 atom stereocenters. The number of hydrogen-bond donors (Lipinski definition) is 1. The van der Waals surface area contributed by atoms with Gasteiger partial charge in [-0.05, 0) is 36.2 Å². The van der Waals surface area contributed by atoms with Crippen LogP contribution < -0.4 is 5.32 Å². The van der Waals surface area contributed by atoms with Crippen molar-refractivity contribution in [1.82, 2.24) is 14.5 Å². The van der Waals surface area contributed by atoms with E-state index in [4.69, 9.17) is 0 Å². The van der Waals surface area contributed by atoms with E-state index in [1.54, 1.807) is 24.0 Å². The molecule has 30 heavy (non-hydrogen) atoms. The number of amides is 1. The molecule has 0 spiro atoms. The predicted molar refractivity (Wildman–Crippen MR) is 105 cm³/mol. The second kappa shape index (κ2) is 9.15. The third-order valence-corrected chi connectivity index (χ3v) is 6.89. The summed E-state index contributed by atoms with van der Waals surface area (Å²) in [6, 6.07) is 7.62. The molecule has 162 valence electrons. The molecule has 1 saturated heterocycles. The van der Waals surface area contributed by atoms with Crippen LogP contribution in [0.1, 0.15) is 11.1 Å². The molecule has 1 fully saturated rings. The molecule has 3 rings (SSSR count). The van der Waals surface area contributed by atoms with Crippen LogP contribution in [0.2, 0.25) is 0 Å². The minimum absolute atomic E-state index is 0.00651. The Morgan fingerprint density at radius 1 is 1.00 bits per heavy atom. The number of rotatable bonds is 6. The maximum atomic E-state index is 13.9. The molecule has 10 heteroatoms. The molecule has 0 unspecified atom stereocenters. The number of hydrogen-bond acceptors (Lipinski definition) is 4. The number of sulfonamides is 1. The van der Waals surface area contributed by atoms with Crippen LogP contribution in [0.4, 0.5) is 13.2 Å². The second-order valence-electron chi connectivity index (χ2n) is 7.09. The highest BCUT2D eigenvalue weighted by Gasteiger charge is 2.33. The quantitative estimate of drug-likeness (QED) is 0.745. The molecule has 0 radical (unpaired) electrons. The number of carbonyl (C=O) groups excluding carboxylic acids is 1. The lowest BCUT2D eigenvalue weighted by atomic mass is 10.1. The summed E-state index contributed by atoms with van der Waals surface area (Å²) in [4.78, 5) is 12.9. The summed E-state index contributed by atoms with van der Waals surface area (Å²) in [6.45, 7) is 2.36. The van der Waals surface area contributed by atoms with Gasteiger partial charge in [-0.1, -0.05) is 18.2 Å². The molecule has 0 aromatic heterocycles. The maximum Gasteiger partial charge on any atom is 0.249 e. The average molecular weight is 441 g/mol. The molecular weight excluding hydrogens is 419 g/mol. The van der Waals surface area contributed by atoms with Crippen molar-refractivity contribution in [2.24, 2.45) is 0 Å². The van der Waals surface area contributed by atoms with E-state index in [9.17, 15) is 26.4 Å². The maximum absolute atomic E-state index is 13.9. The van der Waals surface area contributed by atoms with Crippen molar-refractivity contribution in [3.05, 3.63) is 65.0 Å². The molecular formula is C20H22F3N3O3S. The Kier molecular flexibility index (Phi) is 6.79. The highest BCUT2D eigenvalue weighted by Crippen LogP contribution is 2.23. The first-order valence-electron chi connectivity index (χ1n) is 9.36. The lowest BCUT2D eigenvalue weighted by Crippen LogP contribution is -2.51. The number of benzene rings is 2. The van der Waals surface area contributed by atoms with E-state index in [-0.39, 0.29) is 51.0 Å². The number of aryl methyl sites for hydroxylation is 1. The minimum atomic E-state index is -4.31. The number of halogens is 3. The van der Waals surface area contributed by atoms with Crippen LogP contribution in [0.15, 0.2) is 41.3 Å². The molecule has 6 nitrogen and oxygen atoms in total. The monoisotopic (exact) mass is 441 g/mol. The minimum Gasteiger partial charge on any atom is -0.351 e. The van der Waals surface area contributed by atoms with Crippen molar-refractivity contribution in [3.63, 3.8) is 0 Å². The number of piperazine rings is 1. The SMILES string of the molecule is Cc1ccc(CNC(=O)CN2CCN(S(=O)(=O)c3c(F)cccc3F)CC2)cc1F. The van der Waals surface area contributed by atoms with Crippen LogP contribution in [0.3, 0.4) is 0 Å². The smallest absolute Gasteiger partial charge is 0.249 e. The van der Waals surface area contributed by atoms with Gasteiger partial charge in [-0.3, -0.25) is 9.69 Å². The lowest BCUT2D eigenvalue weighted by molar-refractivity contribution is -0.122. The zero-order chi connectivity index (χ0) is 21.9. The van der Waals surface area contributed by atoms with Crippen molar-refractivity contribution in [3.8, 4) is 0 Å². The average Bonchev–Trinajstić information content (AvgIpc) is 2.69. The summed E-state index contributed by atoms with van der Waals surface area (Å²) in [6.07, 6.45) is 0. The zero-order valence-electron chi connectivity index (χ0n) is 16.4. The third-order valence-electron chi connectivity index (χ3n) is 4.94. The number of nitrogens with zero attached hydrogens (tertiary/aromatic N) is 2. The fourth-order valence-corrected chi connectivity index (χ4v) is 4.72. The van der Waals surface area contributed by atoms with Gasteiger partial charge in [-0.15, -0.1) is 0 Å². The Hall–Kier alpha value is -2.43. The first-order valence-corrected chi connectivity index (χ1v) is 10.8. The Labute approximate surface area is 173 Å². The van der Waals surface area contributed by atoms with Gasteiger partial charge >= 0.3 is 0 Å². The Balaban J connectivity index is 1.52. The van der Waals surface area contributed by atoms with E-state index in [1.807, 2.05) is 0 Å². The molecule has 1 heterocycles. The molecule has 1 aliphatic heterocycles. The van der Waals surface area contributed by atoms with Gasteiger partial charge in [0.25, 0.3) is 0 Å². The van der Waals surface area contributed by atoms with Crippen LogP contribution in [0.5, 0.6) is 0 Å². The summed E-state index contributed by atoms with van der Waals surface area (Å²) in [5, 5.41) is 2.70. The normalized spacial score (nSPS) is 15.9. The van der Waals surface area contributed by atoms with E-state index in [0.717, 1.165) is 22.5 Å². The summed E-state index contributed by atoms with van der Waals surface area (Å²) in [7, 11) is -4.31. The fraction of sp³-hybridized carbons (Fsp3) is 0.350. The van der Waals surface area contributed by atoms with Gasteiger partial charge in [0.05, 0.1) is 6.54 Å². The first kappa shape index (κ1) is 22.3. The predicted octanol–water partition coefficient (Wildman–Crippen LogP) is 2.04. The Morgan fingerprint density at radius 3 is 2.23 bits per heavy atom. The topological polar surface area (TPSA) is 69.7 Å². The highest BCUT2D eigenvalue weighted by molar-refractivity contribution is 7.89. The van der Waals surface area contributed by atoms with Gasteiger partial charge < -0.3 is 5.32 Å². The van der Waals surface area contributed by atoms with Crippen molar-refractivity contribution in [2.45, 2.75) is 18.4 Å². The summed E-state index contributed by atoms with van der Waals surface area (Å²) >= 11 is 0. The Bertz CT molecular complexity index is 1020. The van der Waals surface area contributed by atoms with E-state index in [0.29, 0.717) is 11.1 Å². The van der Waals surface area contributed by atoms with Crippen molar-refractivity contribution >= 4 is 15.9 Å². The van der Waals surface area contributed by atoms with Crippen LogP contribution in [0.25, 0.3) is 0 Å². The van der Waals surface area contributed by atoms with E-state index in [1.165, 1.54) is 6.07 Å². The van der Waals surface area contributed by atoms with Gasteiger partial charge in [0, 0.05) is 32.7 Å². The zero-order valence-corrected chi connectivity index (χ0v) is 17.2. The van der Waals surface area contributed by atoms with Crippen LogP contribution in [-0.2, 0) is 21.4 Å². The van der Waals surface area contributed by atoms with Gasteiger partial charge in [0.1, 0.15) is 17.5 Å². The standard InChI is InChI=1S/C20H22F3N3O3S/c1-14-5-6-15(11-18(14)23)12-24-19(27)13-25-7-9-26(10-8-25)30(28,29)20-16(21)3-2-4-17(20)22/h2-6,11H,7-10,12-13H2,1H3,(H,24,27). The van der Waals surface area contributed by atoms with Gasteiger partial charge in [0.15, 0.2) is 4.90 Å². The van der Waals surface area contributed by atoms with Gasteiger partial charge in [-0.2, -0.15) is 4.31 Å². The van der Waals surface area contributed by atoms with Gasteiger partial charge in [0.2, 0.25) is 15.9 Å². The molecule has 0 saturated carbocycles. The van der Waals surface area contributed by atoms with E-state index in [2.05, 4.69) is 5.32 Å². The summed E-state index contributed by atoms with van der Waals surface area (Å²) in [5.74, 6) is -2.90. The largest absolute Gasteiger partial charge is 0.351 e. The van der Waals surface area contributed by atoms with Crippen molar-refractivity contribution in [2.75, 3.05) is 32.7 Å². The Morgan fingerprint density at radius 2 is 1.63 bits per heavy atom. The van der Waals surface area contributed by atoms with E-state index >= 15 is 0 Å². The lowest BCUT2D eigenvalue weighted by Gasteiger charge is -2.33. The molecule has 0 aliphatic carbocycles. The summed E-state index contributed by atoms with van der Waals surface area (Å²) in [5.41, 5.74) is 1.16. The van der Waals surface area contributed by atoms with Crippen molar-refractivity contribution < 1.29 is 26.4 Å². The fourth-order valence-electron chi connectivity index (χ4n) is 3.19. The third kappa shape index (κ3) is 5.00. The van der Waals surface area contributed by atoms with Crippen LogP contribution in [-0.4, -0.2) is 56.3 Å². The van der Waals surface area contributed by atoms with Crippen molar-refractivity contribution in [1.29, 1.82) is 0 Å². The molecule has 2 aromatic rings. The van der Waals surface area contributed by atoms with E-state index < -0.39 is 26.6 Å². The second-order valence-corrected chi connectivity index (χ2v) is 8.97. The number of nitrogens with one attached hydrogen (secondary N) is 1. The first-order chi connectivity index (χ1) is 14.2. The molecule has 2 aromatic carbocycles. The molecule has 0 bridgehead atoms. The van der Waals surface area contributed by atoms with Crippen LogP contribution in [0, 0.1) is 24.4 Å². The molecule has 1 N–H and O–H groups in total. The van der Waals surface area contributed by atoms with Crippen LogP contribution >= 0.6 is 0 Å². The molecule has 1 amide bonds. The highest BCUT2D eigenvalue weighted by atomic mass is 32.2.